The summed E-state index contributed by atoms with van der Waals surface area (Å²) in [5.74, 6) is -1.53. The number of carboxylic acid groups (broad SMARTS) is 1. The number of anilines is 1. The summed E-state index contributed by atoms with van der Waals surface area (Å²) in [6, 6.07) is -0.119. The van der Waals surface area contributed by atoms with E-state index in [1.165, 1.54) is 0 Å². The van der Waals surface area contributed by atoms with Crippen LogP contribution in [0.4, 0.5) is 10.3 Å². The van der Waals surface area contributed by atoms with Crippen molar-refractivity contribution in [1.29, 1.82) is 0 Å². The number of aliphatic carboxylic acids is 1. The van der Waals surface area contributed by atoms with E-state index in [9.17, 15) is 9.18 Å². The maximum Gasteiger partial charge on any atom is 0.310 e. The van der Waals surface area contributed by atoms with Gasteiger partial charge in [0.15, 0.2) is 5.82 Å². The van der Waals surface area contributed by atoms with Crippen molar-refractivity contribution in [3.63, 3.8) is 0 Å². The van der Waals surface area contributed by atoms with E-state index in [2.05, 4.69) is 15.3 Å². The van der Waals surface area contributed by atoms with Crippen LogP contribution >= 0.6 is 0 Å². The molecule has 0 spiro atoms. The molecule has 1 aliphatic rings. The summed E-state index contributed by atoms with van der Waals surface area (Å²) in [5.41, 5.74) is 0. The molecular weight excluding hydrogens is 213 g/mol. The molecule has 2 rings (SSSR count). The molecule has 0 fully saturated rings. The fourth-order valence-electron chi connectivity index (χ4n) is 1.54. The zero-order valence-corrected chi connectivity index (χ0v) is 8.30. The van der Waals surface area contributed by atoms with Crippen LogP contribution in [0.1, 0.15) is 6.42 Å². The van der Waals surface area contributed by atoms with Gasteiger partial charge in [0.2, 0.25) is 5.95 Å². The molecule has 0 saturated carbocycles. The molecule has 5 nitrogen and oxygen atoms in total. The number of nitrogens with one attached hydrogen (secondary N) is 1. The fourth-order valence-corrected chi connectivity index (χ4v) is 1.54. The lowest BCUT2D eigenvalue weighted by molar-refractivity contribution is -0.140. The third-order valence-electron chi connectivity index (χ3n) is 2.34. The quantitative estimate of drug-likeness (QED) is 0.749. The van der Waals surface area contributed by atoms with Gasteiger partial charge in [-0.2, -0.15) is 0 Å². The Morgan fingerprint density at radius 3 is 2.69 bits per heavy atom. The van der Waals surface area contributed by atoms with Gasteiger partial charge in [0.1, 0.15) is 0 Å². The third kappa shape index (κ3) is 2.33. The lowest BCUT2D eigenvalue weighted by Crippen LogP contribution is -2.20. The molecule has 84 valence electrons. The molecule has 1 aromatic rings. The Morgan fingerprint density at radius 2 is 2.12 bits per heavy atom. The number of nitrogens with zero attached hydrogens (tertiary/aromatic N) is 2. The number of halogens is 1. The van der Waals surface area contributed by atoms with Crippen molar-refractivity contribution < 1.29 is 14.3 Å². The Labute approximate surface area is 91.0 Å². The molecule has 0 amide bonds. The highest BCUT2D eigenvalue weighted by Crippen LogP contribution is 2.20. The van der Waals surface area contributed by atoms with Crippen LogP contribution in [0.5, 0.6) is 0 Å². The zero-order chi connectivity index (χ0) is 11.5. The van der Waals surface area contributed by atoms with Crippen molar-refractivity contribution in [2.75, 3.05) is 5.32 Å². The van der Waals surface area contributed by atoms with Crippen LogP contribution < -0.4 is 5.32 Å². The monoisotopic (exact) mass is 223 g/mol. The molecule has 1 heterocycles. The smallest absolute Gasteiger partial charge is 0.310 e. The summed E-state index contributed by atoms with van der Waals surface area (Å²) in [7, 11) is 0. The molecule has 2 atom stereocenters. The van der Waals surface area contributed by atoms with Crippen molar-refractivity contribution in [3.05, 3.63) is 30.4 Å². The number of rotatable bonds is 3. The van der Waals surface area contributed by atoms with E-state index >= 15 is 0 Å². The highest BCUT2D eigenvalue weighted by Gasteiger charge is 2.24. The molecule has 0 radical (unpaired) electrons. The second-order valence-electron chi connectivity index (χ2n) is 3.54. The van der Waals surface area contributed by atoms with Gasteiger partial charge in [0.25, 0.3) is 0 Å². The predicted octanol–water partition coefficient (Wildman–Crippen LogP) is 1.06. The summed E-state index contributed by atoms with van der Waals surface area (Å²) in [4.78, 5) is 18.2. The Bertz CT molecular complexity index is 419. The Hall–Kier alpha value is -1.98. The van der Waals surface area contributed by atoms with Crippen molar-refractivity contribution >= 4 is 11.9 Å². The molecule has 2 unspecified atom stereocenters. The fraction of sp³-hybridized carbons (Fsp3) is 0.300. The van der Waals surface area contributed by atoms with Gasteiger partial charge in [-0.3, -0.25) is 4.79 Å². The Balaban J connectivity index is 1.95. The average molecular weight is 223 g/mol. The minimum Gasteiger partial charge on any atom is -0.481 e. The van der Waals surface area contributed by atoms with Crippen LogP contribution in [0.2, 0.25) is 0 Å². The lowest BCUT2D eigenvalue weighted by Gasteiger charge is -2.11. The van der Waals surface area contributed by atoms with Crippen LogP contribution in [-0.2, 0) is 4.79 Å². The highest BCUT2D eigenvalue weighted by molar-refractivity contribution is 5.73. The molecule has 1 aliphatic carbocycles. The molecule has 0 aromatic carbocycles. The SMILES string of the molecule is O=C(O)C1C=CC(Nc2ncc(F)cn2)C1. The molecule has 6 heteroatoms. The van der Waals surface area contributed by atoms with Gasteiger partial charge in [0.05, 0.1) is 18.3 Å². The van der Waals surface area contributed by atoms with E-state index in [1.807, 2.05) is 0 Å². The molecule has 0 aliphatic heterocycles. The number of carboxylic acids is 1. The first-order valence-corrected chi connectivity index (χ1v) is 4.80. The van der Waals surface area contributed by atoms with E-state index in [0.29, 0.717) is 12.4 Å². The second kappa shape index (κ2) is 4.26. The Kier molecular flexibility index (Phi) is 2.80. The molecule has 0 bridgehead atoms. The summed E-state index contributed by atoms with van der Waals surface area (Å²) in [6.07, 6.45) is 5.95. The van der Waals surface area contributed by atoms with Crippen LogP contribution in [0, 0.1) is 11.7 Å². The first kappa shape index (κ1) is 10.5. The topological polar surface area (TPSA) is 75.1 Å². The summed E-state index contributed by atoms with van der Waals surface area (Å²) >= 11 is 0. The van der Waals surface area contributed by atoms with Crippen molar-refractivity contribution in [2.24, 2.45) is 5.92 Å². The highest BCUT2D eigenvalue weighted by atomic mass is 19.1. The first-order chi connectivity index (χ1) is 7.65. The van der Waals surface area contributed by atoms with Gasteiger partial charge in [-0.1, -0.05) is 12.2 Å². The van der Waals surface area contributed by atoms with Crippen molar-refractivity contribution in [2.45, 2.75) is 12.5 Å². The molecule has 16 heavy (non-hydrogen) atoms. The van der Waals surface area contributed by atoms with Gasteiger partial charge < -0.3 is 10.4 Å². The second-order valence-corrected chi connectivity index (χ2v) is 3.54. The summed E-state index contributed by atoms with van der Waals surface area (Å²) < 4.78 is 12.5. The van der Waals surface area contributed by atoms with E-state index in [4.69, 9.17) is 5.11 Å². The van der Waals surface area contributed by atoms with Gasteiger partial charge in [0, 0.05) is 6.04 Å². The maximum atomic E-state index is 12.5. The minimum atomic E-state index is -0.847. The molecule has 1 aromatic heterocycles. The van der Waals surface area contributed by atoms with E-state index in [1.54, 1.807) is 12.2 Å². The first-order valence-electron chi connectivity index (χ1n) is 4.80. The number of hydrogen-bond acceptors (Lipinski definition) is 4. The van der Waals surface area contributed by atoms with E-state index < -0.39 is 17.7 Å². The van der Waals surface area contributed by atoms with Crippen LogP contribution in [0.15, 0.2) is 24.5 Å². The standard InChI is InChI=1S/C10H10FN3O2/c11-7-4-12-10(13-5-7)14-8-2-1-6(3-8)9(15)16/h1-2,4-6,8H,3H2,(H,15,16)(H,12,13,14). The predicted molar refractivity (Wildman–Crippen MR) is 54.3 cm³/mol. The molecular formula is C10H10FN3O2. The number of hydrogen-bond donors (Lipinski definition) is 2. The molecule has 0 saturated heterocycles. The number of aromatic nitrogens is 2. The van der Waals surface area contributed by atoms with Crippen LogP contribution in [0.25, 0.3) is 0 Å². The van der Waals surface area contributed by atoms with Gasteiger partial charge >= 0.3 is 5.97 Å². The minimum absolute atomic E-state index is 0.119. The normalized spacial score (nSPS) is 23.3. The van der Waals surface area contributed by atoms with Crippen LogP contribution in [-0.4, -0.2) is 27.1 Å². The summed E-state index contributed by atoms with van der Waals surface area (Å²) in [6.45, 7) is 0. The largest absolute Gasteiger partial charge is 0.481 e. The van der Waals surface area contributed by atoms with Crippen molar-refractivity contribution in [1.82, 2.24) is 9.97 Å². The number of carbonyl (C=O) groups is 1. The van der Waals surface area contributed by atoms with Crippen LogP contribution in [0.3, 0.4) is 0 Å². The average Bonchev–Trinajstić information content (AvgIpc) is 2.70. The van der Waals surface area contributed by atoms with Gasteiger partial charge in [-0.05, 0) is 6.42 Å². The lowest BCUT2D eigenvalue weighted by atomic mass is 10.1. The van der Waals surface area contributed by atoms with Crippen molar-refractivity contribution in [3.8, 4) is 0 Å². The summed E-state index contributed by atoms with van der Waals surface area (Å²) in [5, 5.41) is 11.7. The van der Waals surface area contributed by atoms with E-state index in [-0.39, 0.29) is 6.04 Å². The third-order valence-corrected chi connectivity index (χ3v) is 2.34. The molecule has 2 N–H and O–H groups in total. The van der Waals surface area contributed by atoms with Gasteiger partial charge in [-0.15, -0.1) is 0 Å². The zero-order valence-electron chi connectivity index (χ0n) is 8.30. The maximum absolute atomic E-state index is 12.5. The Morgan fingerprint density at radius 1 is 1.44 bits per heavy atom. The van der Waals surface area contributed by atoms with E-state index in [0.717, 1.165) is 12.4 Å². The van der Waals surface area contributed by atoms with Gasteiger partial charge in [-0.25, -0.2) is 14.4 Å².